The summed E-state index contributed by atoms with van der Waals surface area (Å²) in [6.45, 7) is -0.564. The number of para-hydroxylation sites is 1. The largest absolute Gasteiger partial charge is 0.331 e. The molecule has 0 bridgehead atoms. The Morgan fingerprint density at radius 2 is 1.87 bits per heavy atom. The van der Waals surface area contributed by atoms with Gasteiger partial charge in [0, 0.05) is 17.9 Å². The second kappa shape index (κ2) is 7.57. The number of sulfone groups is 1. The summed E-state index contributed by atoms with van der Waals surface area (Å²) >= 11 is 0. The normalized spacial score (nSPS) is 19.9. The molecule has 0 radical (unpaired) electrons. The number of hydrogen-bond donors (Lipinski definition) is 0. The van der Waals surface area contributed by atoms with Gasteiger partial charge in [-0.2, -0.15) is 5.26 Å². The van der Waals surface area contributed by atoms with E-state index in [1.807, 2.05) is 0 Å². The third-order valence-corrected chi connectivity index (χ3v) is 7.18. The Balaban J connectivity index is 1.74. The smallest absolute Gasteiger partial charge is 0.307 e. The maximum atomic E-state index is 13.3. The number of anilines is 1. The molecule has 2 aliphatic rings. The van der Waals surface area contributed by atoms with Crippen molar-refractivity contribution in [1.29, 1.82) is 5.26 Å². The predicted molar refractivity (Wildman–Crippen MR) is 109 cm³/mol. The number of nitrogens with zero attached hydrogens (tertiary/aromatic N) is 4. The lowest BCUT2D eigenvalue weighted by Gasteiger charge is -2.28. The molecule has 4 rings (SSSR count). The van der Waals surface area contributed by atoms with E-state index in [1.54, 1.807) is 36.4 Å². The highest BCUT2D eigenvalue weighted by Gasteiger charge is 2.36. The molecule has 2 aromatic rings. The first-order valence-electron chi connectivity index (χ1n) is 9.64. The second-order valence-corrected chi connectivity index (χ2v) is 9.85. The van der Waals surface area contributed by atoms with Crippen LogP contribution in [-0.2, 0) is 21.2 Å². The second-order valence-electron chi connectivity index (χ2n) is 7.62. The lowest BCUT2D eigenvalue weighted by molar-refractivity contribution is -0.119. The van der Waals surface area contributed by atoms with Gasteiger partial charge in [-0.05, 0) is 31.4 Å². The summed E-state index contributed by atoms with van der Waals surface area (Å²) in [5, 5.41) is 9.27. The first kappa shape index (κ1) is 20.1. The van der Waals surface area contributed by atoms with Crippen molar-refractivity contribution >= 4 is 21.4 Å². The molecule has 1 saturated heterocycles. The molecule has 0 N–H and O–H groups in total. The van der Waals surface area contributed by atoms with E-state index in [0.29, 0.717) is 5.69 Å². The van der Waals surface area contributed by atoms with E-state index < -0.39 is 39.6 Å². The average molecular weight is 428 g/mol. The third kappa shape index (κ3) is 3.80. The van der Waals surface area contributed by atoms with Crippen molar-refractivity contribution in [1.82, 2.24) is 9.13 Å². The van der Waals surface area contributed by atoms with Gasteiger partial charge in [0.15, 0.2) is 9.84 Å². The molecule has 1 unspecified atom stereocenters. The zero-order valence-corrected chi connectivity index (χ0v) is 16.9. The van der Waals surface area contributed by atoms with Gasteiger partial charge in [-0.15, -0.1) is 0 Å². The maximum Gasteiger partial charge on any atom is 0.331 e. The van der Waals surface area contributed by atoms with E-state index in [1.165, 1.54) is 15.7 Å². The van der Waals surface area contributed by atoms with Crippen molar-refractivity contribution in [2.75, 3.05) is 16.4 Å². The number of nitriles is 1. The van der Waals surface area contributed by atoms with Gasteiger partial charge in [-0.1, -0.05) is 18.2 Å². The summed E-state index contributed by atoms with van der Waals surface area (Å²) < 4.78 is 26.1. The van der Waals surface area contributed by atoms with Crippen LogP contribution in [-0.4, -0.2) is 41.0 Å². The van der Waals surface area contributed by atoms with Crippen LogP contribution in [0, 0.1) is 11.3 Å². The Bertz CT molecular complexity index is 1250. The molecule has 30 heavy (non-hydrogen) atoms. The highest BCUT2D eigenvalue weighted by molar-refractivity contribution is 7.91. The van der Waals surface area contributed by atoms with Gasteiger partial charge in [-0.25, -0.2) is 17.8 Å². The fourth-order valence-corrected chi connectivity index (χ4v) is 5.49. The van der Waals surface area contributed by atoms with Crippen LogP contribution in [0.15, 0.2) is 46.1 Å². The molecular weight excluding hydrogens is 408 g/mol. The number of aromatic nitrogens is 2. The zero-order chi connectivity index (χ0) is 21.5. The maximum absolute atomic E-state index is 13.3. The van der Waals surface area contributed by atoms with Crippen molar-refractivity contribution in [3.05, 3.63) is 62.9 Å². The SMILES string of the molecule is N#Cc1cn(C2CC2)c(=O)n(CC(=O)N(c2ccccc2)C2CCS(=O)(=O)C2)c1=O. The van der Waals surface area contributed by atoms with Crippen molar-refractivity contribution in [3.8, 4) is 6.07 Å². The van der Waals surface area contributed by atoms with Gasteiger partial charge in [0.25, 0.3) is 5.56 Å². The minimum atomic E-state index is -3.26. The standard InChI is InChI=1S/C20H20N4O5S/c21-10-14-11-22(15-6-7-15)20(27)23(19(14)26)12-18(25)24(16-4-2-1-3-5-16)17-8-9-30(28,29)13-17/h1-5,11,15,17H,6-9,12-13H2. The van der Waals surface area contributed by atoms with Crippen LogP contribution in [0.3, 0.4) is 0 Å². The average Bonchev–Trinajstić information content (AvgIpc) is 3.49. The summed E-state index contributed by atoms with van der Waals surface area (Å²) in [7, 11) is -3.26. The Hall–Kier alpha value is -3.19. The minimum absolute atomic E-state index is 0.0212. The van der Waals surface area contributed by atoms with Crippen molar-refractivity contribution in [2.45, 2.75) is 37.9 Å². The monoisotopic (exact) mass is 428 g/mol. The van der Waals surface area contributed by atoms with Crippen LogP contribution in [0.2, 0.25) is 0 Å². The number of carbonyl (C=O) groups is 1. The molecule has 1 saturated carbocycles. The highest BCUT2D eigenvalue weighted by atomic mass is 32.2. The fraction of sp³-hybridized carbons (Fsp3) is 0.400. The Kier molecular flexibility index (Phi) is 5.07. The summed E-state index contributed by atoms with van der Waals surface area (Å²) in [6.07, 6.45) is 3.07. The van der Waals surface area contributed by atoms with E-state index in [4.69, 9.17) is 0 Å². The lowest BCUT2D eigenvalue weighted by atomic mass is 10.1. The molecule has 1 aliphatic carbocycles. The summed E-state index contributed by atoms with van der Waals surface area (Å²) in [5.74, 6) is -0.764. The van der Waals surface area contributed by atoms with Gasteiger partial charge >= 0.3 is 5.69 Å². The van der Waals surface area contributed by atoms with Crippen LogP contribution < -0.4 is 16.1 Å². The molecule has 0 spiro atoms. The van der Waals surface area contributed by atoms with Crippen LogP contribution in [0.4, 0.5) is 5.69 Å². The third-order valence-electron chi connectivity index (χ3n) is 5.43. The minimum Gasteiger partial charge on any atom is -0.307 e. The molecule has 2 heterocycles. The Morgan fingerprint density at radius 3 is 2.43 bits per heavy atom. The summed E-state index contributed by atoms with van der Waals surface area (Å²) in [4.78, 5) is 40.0. The van der Waals surface area contributed by atoms with Crippen LogP contribution in [0.5, 0.6) is 0 Å². The zero-order valence-electron chi connectivity index (χ0n) is 16.1. The number of benzene rings is 1. The molecule has 1 aromatic heterocycles. The number of carbonyl (C=O) groups excluding carboxylic acids is 1. The molecule has 2 fully saturated rings. The quantitative estimate of drug-likeness (QED) is 0.681. The Labute approximate surface area is 172 Å². The topological polar surface area (TPSA) is 122 Å². The van der Waals surface area contributed by atoms with E-state index in [0.717, 1.165) is 17.4 Å². The molecule has 10 heteroatoms. The first-order chi connectivity index (χ1) is 14.3. The van der Waals surface area contributed by atoms with E-state index >= 15 is 0 Å². The molecule has 1 amide bonds. The lowest BCUT2D eigenvalue weighted by Crippen LogP contribution is -2.48. The van der Waals surface area contributed by atoms with E-state index in [-0.39, 0.29) is 29.5 Å². The summed E-state index contributed by atoms with van der Waals surface area (Å²) in [5.41, 5.74) is -1.16. The number of hydrogen-bond acceptors (Lipinski definition) is 6. The summed E-state index contributed by atoms with van der Waals surface area (Å²) in [6, 6.07) is 9.72. The number of rotatable bonds is 5. The van der Waals surface area contributed by atoms with E-state index in [2.05, 4.69) is 0 Å². The molecule has 1 atom stereocenters. The molecule has 1 aromatic carbocycles. The highest BCUT2D eigenvalue weighted by Crippen LogP contribution is 2.33. The molecule has 9 nitrogen and oxygen atoms in total. The van der Waals surface area contributed by atoms with Gasteiger partial charge in [-0.3, -0.25) is 14.2 Å². The van der Waals surface area contributed by atoms with Crippen LogP contribution >= 0.6 is 0 Å². The van der Waals surface area contributed by atoms with Gasteiger partial charge in [0.1, 0.15) is 18.2 Å². The number of amides is 1. The van der Waals surface area contributed by atoms with Crippen molar-refractivity contribution in [2.24, 2.45) is 0 Å². The van der Waals surface area contributed by atoms with E-state index in [9.17, 15) is 28.1 Å². The van der Waals surface area contributed by atoms with Crippen molar-refractivity contribution in [3.63, 3.8) is 0 Å². The van der Waals surface area contributed by atoms with Crippen LogP contribution in [0.1, 0.15) is 30.9 Å². The van der Waals surface area contributed by atoms with Gasteiger partial charge in [0.05, 0.1) is 17.5 Å². The fourth-order valence-electron chi connectivity index (χ4n) is 3.79. The van der Waals surface area contributed by atoms with Gasteiger partial charge in [0.2, 0.25) is 5.91 Å². The predicted octanol–water partition coefficient (Wildman–Crippen LogP) is 0.437. The van der Waals surface area contributed by atoms with Gasteiger partial charge < -0.3 is 4.90 Å². The molecular formula is C20H20N4O5S. The molecule has 156 valence electrons. The first-order valence-corrected chi connectivity index (χ1v) is 11.5. The Morgan fingerprint density at radius 1 is 1.17 bits per heavy atom. The van der Waals surface area contributed by atoms with Crippen molar-refractivity contribution < 1.29 is 13.2 Å². The molecule has 1 aliphatic heterocycles. The van der Waals surface area contributed by atoms with Crippen LogP contribution in [0.25, 0.3) is 0 Å².